The van der Waals surface area contributed by atoms with E-state index in [4.69, 9.17) is 12.6 Å². The zero-order valence-electron chi connectivity index (χ0n) is 8.26. The van der Waals surface area contributed by atoms with Gasteiger partial charge in [0.25, 0.3) is 0 Å². The van der Waals surface area contributed by atoms with Crippen LogP contribution >= 0.6 is 12.6 Å². The summed E-state index contributed by atoms with van der Waals surface area (Å²) in [6.07, 6.45) is 5.24. The van der Waals surface area contributed by atoms with E-state index in [1.807, 2.05) is 0 Å². The molecule has 2 heterocycles. The van der Waals surface area contributed by atoms with Gasteiger partial charge in [-0.1, -0.05) is 0 Å². The van der Waals surface area contributed by atoms with Crippen molar-refractivity contribution < 1.29 is 0 Å². The lowest BCUT2D eigenvalue weighted by molar-refractivity contribution is 0.266. The van der Waals surface area contributed by atoms with Crippen LogP contribution in [0.15, 0.2) is 0 Å². The van der Waals surface area contributed by atoms with E-state index in [-0.39, 0.29) is 0 Å². The molecule has 13 heavy (non-hydrogen) atoms. The third kappa shape index (κ3) is 2.61. The molecule has 0 aromatic carbocycles. The molecule has 0 amide bonds. The molecule has 0 spiro atoms. The van der Waals surface area contributed by atoms with Crippen molar-refractivity contribution in [1.82, 2.24) is 10.2 Å². The molecule has 2 aliphatic rings. The highest BCUT2D eigenvalue weighted by Crippen LogP contribution is 2.28. The zero-order valence-corrected chi connectivity index (χ0v) is 9.15. The summed E-state index contributed by atoms with van der Waals surface area (Å²) < 4.78 is 0.301. The normalized spacial score (nSPS) is 29.3. The number of nitrogens with zero attached hydrogens (tertiary/aromatic N) is 1. The minimum absolute atomic E-state index is 0.301. The monoisotopic (exact) mass is 200 g/mol. The number of hydrogen-bond acceptors (Lipinski definition) is 3. The summed E-state index contributed by atoms with van der Waals surface area (Å²) in [5.74, 6) is 0. The van der Waals surface area contributed by atoms with Crippen LogP contribution in [0.4, 0.5) is 0 Å². The van der Waals surface area contributed by atoms with Gasteiger partial charge in [-0.3, -0.25) is 0 Å². The van der Waals surface area contributed by atoms with Crippen LogP contribution in [0.1, 0.15) is 25.7 Å². The zero-order chi connectivity index (χ0) is 9.15. The molecule has 3 heteroatoms. The van der Waals surface area contributed by atoms with Gasteiger partial charge in [0.1, 0.15) is 0 Å². The van der Waals surface area contributed by atoms with Crippen molar-refractivity contribution in [3.63, 3.8) is 0 Å². The summed E-state index contributed by atoms with van der Waals surface area (Å²) in [4.78, 5) is 2.58. The maximum Gasteiger partial charge on any atom is 0.0281 e. The fraction of sp³-hybridized carbons (Fsp3) is 1.00. The largest absolute Gasteiger partial charge is 0.317 e. The number of thiol groups is 1. The molecule has 0 bridgehead atoms. The van der Waals surface area contributed by atoms with Crippen LogP contribution < -0.4 is 5.32 Å². The smallest absolute Gasteiger partial charge is 0.0281 e. The highest BCUT2D eigenvalue weighted by molar-refractivity contribution is 7.81. The van der Waals surface area contributed by atoms with Crippen LogP contribution in [-0.4, -0.2) is 42.4 Å². The Bertz CT molecular complexity index is 160. The summed E-state index contributed by atoms with van der Waals surface area (Å²) in [6, 6.07) is 0. The summed E-state index contributed by atoms with van der Waals surface area (Å²) in [6.45, 7) is 6.11. The predicted octanol–water partition coefficient (Wildman–Crippen LogP) is 1.13. The van der Waals surface area contributed by atoms with Gasteiger partial charge in [0.15, 0.2) is 0 Å². The lowest BCUT2D eigenvalue weighted by Crippen LogP contribution is -2.45. The van der Waals surface area contributed by atoms with Crippen molar-refractivity contribution in [3.05, 3.63) is 0 Å². The highest BCUT2D eigenvalue weighted by atomic mass is 32.1. The molecule has 76 valence electrons. The van der Waals surface area contributed by atoms with Crippen molar-refractivity contribution in [2.75, 3.05) is 32.7 Å². The van der Waals surface area contributed by atoms with Crippen LogP contribution in [0, 0.1) is 0 Å². The minimum atomic E-state index is 0.301. The summed E-state index contributed by atoms with van der Waals surface area (Å²) in [5.41, 5.74) is 0. The highest BCUT2D eigenvalue weighted by Gasteiger charge is 2.30. The van der Waals surface area contributed by atoms with E-state index in [0.29, 0.717) is 4.75 Å². The quantitative estimate of drug-likeness (QED) is 0.650. The Hall–Kier alpha value is 0.270. The van der Waals surface area contributed by atoms with Gasteiger partial charge < -0.3 is 10.2 Å². The van der Waals surface area contributed by atoms with E-state index in [2.05, 4.69) is 10.2 Å². The van der Waals surface area contributed by atoms with Gasteiger partial charge in [-0.05, 0) is 51.9 Å². The van der Waals surface area contributed by atoms with Crippen molar-refractivity contribution >= 4 is 12.6 Å². The molecular weight excluding hydrogens is 180 g/mol. The molecule has 0 aromatic heterocycles. The first-order valence-electron chi connectivity index (χ1n) is 5.44. The van der Waals surface area contributed by atoms with E-state index in [0.717, 1.165) is 13.1 Å². The van der Waals surface area contributed by atoms with Gasteiger partial charge in [-0.25, -0.2) is 0 Å². The molecule has 2 rings (SSSR count). The van der Waals surface area contributed by atoms with E-state index in [1.54, 1.807) is 0 Å². The molecule has 1 N–H and O–H groups in total. The molecule has 2 saturated heterocycles. The van der Waals surface area contributed by atoms with Crippen LogP contribution in [0.2, 0.25) is 0 Å². The lowest BCUT2D eigenvalue weighted by atomic mass is 9.96. The summed E-state index contributed by atoms with van der Waals surface area (Å²) in [7, 11) is 0. The van der Waals surface area contributed by atoms with Gasteiger partial charge in [0, 0.05) is 11.3 Å². The maximum atomic E-state index is 4.84. The standard InChI is InChI=1S/C10H20N2S/c13-10(3-5-11-6-4-10)9-12-7-1-2-8-12/h11,13H,1-9H2. The maximum absolute atomic E-state index is 4.84. The van der Waals surface area contributed by atoms with Gasteiger partial charge >= 0.3 is 0 Å². The molecule has 0 aliphatic carbocycles. The number of hydrogen-bond donors (Lipinski definition) is 2. The second kappa shape index (κ2) is 4.20. The summed E-state index contributed by atoms with van der Waals surface area (Å²) >= 11 is 4.84. The number of piperidine rings is 1. The fourth-order valence-corrected chi connectivity index (χ4v) is 2.83. The molecule has 2 aliphatic heterocycles. The van der Waals surface area contributed by atoms with Crippen molar-refractivity contribution in [2.24, 2.45) is 0 Å². The van der Waals surface area contributed by atoms with E-state index >= 15 is 0 Å². The van der Waals surface area contributed by atoms with Crippen molar-refractivity contribution in [3.8, 4) is 0 Å². The first-order chi connectivity index (χ1) is 6.29. The molecule has 2 fully saturated rings. The molecular formula is C10H20N2S. The van der Waals surface area contributed by atoms with E-state index in [9.17, 15) is 0 Å². The number of rotatable bonds is 2. The summed E-state index contributed by atoms with van der Waals surface area (Å²) in [5, 5.41) is 3.40. The molecule has 0 saturated carbocycles. The molecule has 0 aromatic rings. The van der Waals surface area contributed by atoms with Gasteiger partial charge in [0.2, 0.25) is 0 Å². The SMILES string of the molecule is SC1(CN2CCCC2)CCNCC1. The van der Waals surface area contributed by atoms with E-state index < -0.39 is 0 Å². The predicted molar refractivity (Wildman–Crippen MR) is 59.5 cm³/mol. The van der Waals surface area contributed by atoms with Crippen molar-refractivity contribution in [1.29, 1.82) is 0 Å². The fourth-order valence-electron chi connectivity index (χ4n) is 2.41. The Balaban J connectivity index is 1.83. The van der Waals surface area contributed by atoms with Crippen molar-refractivity contribution in [2.45, 2.75) is 30.4 Å². The molecule has 0 unspecified atom stereocenters. The van der Waals surface area contributed by atoms with Gasteiger partial charge in [-0.2, -0.15) is 12.6 Å². The first-order valence-corrected chi connectivity index (χ1v) is 5.89. The van der Waals surface area contributed by atoms with Crippen LogP contribution in [0.3, 0.4) is 0 Å². The topological polar surface area (TPSA) is 15.3 Å². The number of nitrogens with one attached hydrogen (secondary N) is 1. The third-order valence-corrected chi connectivity index (χ3v) is 3.84. The van der Waals surface area contributed by atoms with Gasteiger partial charge in [-0.15, -0.1) is 0 Å². The Kier molecular flexibility index (Phi) is 3.17. The van der Waals surface area contributed by atoms with Gasteiger partial charge in [0.05, 0.1) is 0 Å². The molecule has 2 nitrogen and oxygen atoms in total. The second-order valence-electron chi connectivity index (χ2n) is 4.46. The molecule has 0 atom stereocenters. The Labute approximate surface area is 86.5 Å². The van der Waals surface area contributed by atoms with Crippen LogP contribution in [-0.2, 0) is 0 Å². The average molecular weight is 200 g/mol. The van der Waals surface area contributed by atoms with E-state index in [1.165, 1.54) is 45.3 Å². The average Bonchev–Trinajstić information content (AvgIpc) is 2.57. The van der Waals surface area contributed by atoms with Crippen LogP contribution in [0.25, 0.3) is 0 Å². The molecule has 0 radical (unpaired) electrons. The Morgan fingerprint density at radius 3 is 2.38 bits per heavy atom. The third-order valence-electron chi connectivity index (χ3n) is 3.25. The first kappa shape index (κ1) is 9.81. The number of likely N-dealkylation sites (tertiary alicyclic amines) is 1. The lowest BCUT2D eigenvalue weighted by Gasteiger charge is -2.36. The Morgan fingerprint density at radius 2 is 1.77 bits per heavy atom. The second-order valence-corrected chi connectivity index (χ2v) is 5.41. The van der Waals surface area contributed by atoms with Crippen LogP contribution in [0.5, 0.6) is 0 Å². The minimum Gasteiger partial charge on any atom is -0.317 e. The Morgan fingerprint density at radius 1 is 1.15 bits per heavy atom.